The third-order valence-corrected chi connectivity index (χ3v) is 5.15. The lowest BCUT2D eigenvalue weighted by molar-refractivity contribution is -0.138. The Kier molecular flexibility index (Phi) is 4.11. The highest BCUT2D eigenvalue weighted by molar-refractivity contribution is 5.83. The van der Waals surface area contributed by atoms with Gasteiger partial charge in [-0.05, 0) is 50.9 Å². The molecule has 0 aromatic heterocycles. The molecule has 3 atom stereocenters. The fourth-order valence-corrected chi connectivity index (χ4v) is 3.73. The predicted octanol–water partition coefficient (Wildman–Crippen LogP) is 2.70. The van der Waals surface area contributed by atoms with Gasteiger partial charge in [-0.3, -0.25) is 4.79 Å². The molecule has 0 bridgehead atoms. The predicted molar refractivity (Wildman–Crippen MR) is 76.9 cm³/mol. The lowest BCUT2D eigenvalue weighted by Gasteiger charge is -2.38. The van der Waals surface area contributed by atoms with Crippen LogP contribution in [-0.4, -0.2) is 35.5 Å². The van der Waals surface area contributed by atoms with Gasteiger partial charge in [0.25, 0.3) is 0 Å². The van der Waals surface area contributed by atoms with Crippen LogP contribution in [0.15, 0.2) is 0 Å². The summed E-state index contributed by atoms with van der Waals surface area (Å²) in [5.41, 5.74) is 0. The summed E-state index contributed by atoms with van der Waals surface area (Å²) in [4.78, 5) is 14.9. The van der Waals surface area contributed by atoms with Crippen LogP contribution in [0.1, 0.15) is 64.7 Å². The first kappa shape index (κ1) is 13.4. The summed E-state index contributed by atoms with van der Waals surface area (Å²) < 4.78 is 0. The number of rotatable bonds is 3. The summed E-state index contributed by atoms with van der Waals surface area (Å²) in [7, 11) is 0. The smallest absolute Gasteiger partial charge is 0.239 e. The van der Waals surface area contributed by atoms with Crippen molar-refractivity contribution in [2.75, 3.05) is 6.54 Å². The van der Waals surface area contributed by atoms with E-state index in [0.717, 1.165) is 18.9 Å². The van der Waals surface area contributed by atoms with E-state index in [1.54, 1.807) is 0 Å². The van der Waals surface area contributed by atoms with Gasteiger partial charge < -0.3 is 10.2 Å². The van der Waals surface area contributed by atoms with E-state index in [-0.39, 0.29) is 6.04 Å². The molecular formula is C16H28N2O. The third-order valence-electron chi connectivity index (χ3n) is 5.15. The van der Waals surface area contributed by atoms with E-state index in [1.807, 2.05) is 0 Å². The van der Waals surface area contributed by atoms with Gasteiger partial charge in [-0.25, -0.2) is 0 Å². The molecule has 1 saturated heterocycles. The molecule has 108 valence electrons. The minimum atomic E-state index is 0.127. The number of piperidine rings is 1. The highest BCUT2D eigenvalue weighted by atomic mass is 16.2. The summed E-state index contributed by atoms with van der Waals surface area (Å²) in [6.07, 6.45) is 11.2. The van der Waals surface area contributed by atoms with Gasteiger partial charge in [0.2, 0.25) is 5.91 Å². The average Bonchev–Trinajstić information content (AvgIpc) is 3.21. The highest BCUT2D eigenvalue weighted by Crippen LogP contribution is 2.29. The van der Waals surface area contributed by atoms with Crippen molar-refractivity contribution in [1.82, 2.24) is 10.2 Å². The maximum absolute atomic E-state index is 12.6. The van der Waals surface area contributed by atoms with E-state index in [9.17, 15) is 4.79 Å². The normalized spacial score (nSPS) is 37.2. The van der Waals surface area contributed by atoms with Crippen molar-refractivity contribution in [1.29, 1.82) is 0 Å². The maximum atomic E-state index is 12.6. The van der Waals surface area contributed by atoms with Crippen molar-refractivity contribution < 1.29 is 4.79 Å². The van der Waals surface area contributed by atoms with E-state index in [2.05, 4.69) is 17.1 Å². The number of nitrogens with one attached hydrogen (secondary N) is 1. The lowest BCUT2D eigenvalue weighted by atomic mass is 9.98. The van der Waals surface area contributed by atoms with Crippen molar-refractivity contribution in [2.45, 2.75) is 82.8 Å². The molecule has 19 heavy (non-hydrogen) atoms. The zero-order chi connectivity index (χ0) is 13.2. The van der Waals surface area contributed by atoms with Crippen LogP contribution in [0.5, 0.6) is 0 Å². The first-order valence-corrected chi connectivity index (χ1v) is 8.30. The van der Waals surface area contributed by atoms with Crippen molar-refractivity contribution in [3.63, 3.8) is 0 Å². The maximum Gasteiger partial charge on any atom is 0.239 e. The summed E-state index contributed by atoms with van der Waals surface area (Å²) in [6, 6.07) is 1.30. The van der Waals surface area contributed by atoms with Crippen molar-refractivity contribution in [2.24, 2.45) is 5.92 Å². The van der Waals surface area contributed by atoms with Crippen LogP contribution in [0.4, 0.5) is 0 Å². The topological polar surface area (TPSA) is 32.3 Å². The second-order valence-electron chi connectivity index (χ2n) is 6.93. The van der Waals surface area contributed by atoms with Crippen LogP contribution in [-0.2, 0) is 4.79 Å². The Morgan fingerprint density at radius 2 is 1.84 bits per heavy atom. The first-order chi connectivity index (χ1) is 9.24. The Bertz CT molecular complexity index is 327. The zero-order valence-electron chi connectivity index (χ0n) is 12.2. The van der Waals surface area contributed by atoms with E-state index in [1.165, 1.54) is 51.4 Å². The minimum Gasteiger partial charge on any atom is -0.338 e. The number of likely N-dealkylation sites (tertiary alicyclic amines) is 1. The summed E-state index contributed by atoms with van der Waals surface area (Å²) in [5, 5.41) is 3.54. The molecule has 3 rings (SSSR count). The number of carbonyl (C=O) groups excluding carboxylic acids is 1. The molecule has 3 fully saturated rings. The largest absolute Gasteiger partial charge is 0.338 e. The summed E-state index contributed by atoms with van der Waals surface area (Å²) in [5.74, 6) is 1.25. The molecule has 0 radical (unpaired) electrons. The SMILES string of the molecule is CC1CCCC(N2CCCC(NC3CC3)C2=O)CC1. The molecule has 3 nitrogen and oxygen atoms in total. The fourth-order valence-electron chi connectivity index (χ4n) is 3.73. The molecule has 0 aromatic rings. The van der Waals surface area contributed by atoms with Crippen LogP contribution in [0, 0.1) is 5.92 Å². The molecule has 3 heteroatoms. The Labute approximate surface area is 117 Å². The Morgan fingerprint density at radius 3 is 2.63 bits per heavy atom. The van der Waals surface area contributed by atoms with Crippen LogP contribution < -0.4 is 5.32 Å². The second kappa shape index (κ2) is 5.82. The summed E-state index contributed by atoms with van der Waals surface area (Å²) in [6.45, 7) is 3.36. The Balaban J connectivity index is 1.60. The van der Waals surface area contributed by atoms with Gasteiger partial charge in [0.1, 0.15) is 0 Å². The number of amides is 1. The van der Waals surface area contributed by atoms with Crippen molar-refractivity contribution in [3.8, 4) is 0 Å². The van der Waals surface area contributed by atoms with Crippen LogP contribution in [0.2, 0.25) is 0 Å². The number of carbonyl (C=O) groups is 1. The Morgan fingerprint density at radius 1 is 1.00 bits per heavy atom. The fraction of sp³-hybridized carbons (Fsp3) is 0.938. The highest BCUT2D eigenvalue weighted by Gasteiger charge is 2.36. The van der Waals surface area contributed by atoms with E-state index < -0.39 is 0 Å². The second-order valence-corrected chi connectivity index (χ2v) is 6.93. The number of hydrogen-bond donors (Lipinski definition) is 1. The quantitative estimate of drug-likeness (QED) is 0.795. The van der Waals surface area contributed by atoms with Crippen LogP contribution in [0.3, 0.4) is 0 Å². The van der Waals surface area contributed by atoms with E-state index >= 15 is 0 Å². The van der Waals surface area contributed by atoms with Crippen molar-refractivity contribution >= 4 is 5.91 Å². The van der Waals surface area contributed by atoms with E-state index in [0.29, 0.717) is 18.0 Å². The molecule has 0 aromatic carbocycles. The van der Waals surface area contributed by atoms with Gasteiger partial charge in [-0.2, -0.15) is 0 Å². The van der Waals surface area contributed by atoms with Crippen LogP contribution >= 0.6 is 0 Å². The van der Waals surface area contributed by atoms with Gasteiger partial charge in [-0.15, -0.1) is 0 Å². The molecule has 2 aliphatic carbocycles. The molecule has 3 aliphatic rings. The Hall–Kier alpha value is -0.570. The van der Waals surface area contributed by atoms with Crippen LogP contribution in [0.25, 0.3) is 0 Å². The summed E-state index contributed by atoms with van der Waals surface area (Å²) >= 11 is 0. The monoisotopic (exact) mass is 264 g/mol. The van der Waals surface area contributed by atoms with Gasteiger partial charge >= 0.3 is 0 Å². The average molecular weight is 264 g/mol. The molecule has 0 spiro atoms. The van der Waals surface area contributed by atoms with Crippen molar-refractivity contribution in [3.05, 3.63) is 0 Å². The van der Waals surface area contributed by atoms with Gasteiger partial charge in [0.15, 0.2) is 0 Å². The lowest BCUT2D eigenvalue weighted by Crippen LogP contribution is -2.54. The molecule has 1 amide bonds. The molecule has 3 unspecified atom stereocenters. The number of nitrogens with zero attached hydrogens (tertiary/aromatic N) is 1. The minimum absolute atomic E-state index is 0.127. The molecule has 1 aliphatic heterocycles. The zero-order valence-corrected chi connectivity index (χ0v) is 12.2. The molecule has 1 heterocycles. The molecule has 2 saturated carbocycles. The number of hydrogen-bond acceptors (Lipinski definition) is 2. The molecule has 1 N–H and O–H groups in total. The standard InChI is InChI=1S/C16H28N2O/c1-12-4-2-5-14(10-7-12)18-11-3-6-15(16(18)19)17-13-8-9-13/h12-15,17H,2-11H2,1H3. The molecular weight excluding hydrogens is 236 g/mol. The third kappa shape index (κ3) is 3.31. The van der Waals surface area contributed by atoms with Gasteiger partial charge in [-0.1, -0.05) is 19.8 Å². The first-order valence-electron chi connectivity index (χ1n) is 8.30. The van der Waals surface area contributed by atoms with E-state index in [4.69, 9.17) is 0 Å². The van der Waals surface area contributed by atoms with Gasteiger partial charge in [0.05, 0.1) is 6.04 Å². The van der Waals surface area contributed by atoms with Gasteiger partial charge in [0, 0.05) is 18.6 Å².